The number of rotatable bonds is 3. The summed E-state index contributed by atoms with van der Waals surface area (Å²) in [6, 6.07) is 6.96. The number of allylic oxidation sites excluding steroid dienone is 1. The summed E-state index contributed by atoms with van der Waals surface area (Å²) < 4.78 is 5.12. The summed E-state index contributed by atoms with van der Waals surface area (Å²) in [6.07, 6.45) is 0. The molecule has 0 amide bonds. The highest BCUT2D eigenvalue weighted by molar-refractivity contribution is 7.80. The lowest BCUT2D eigenvalue weighted by Crippen LogP contribution is -2.45. The molecule has 106 valence electrons. The topological polar surface area (TPSA) is 50.4 Å². The lowest BCUT2D eigenvalue weighted by Gasteiger charge is -2.29. The van der Waals surface area contributed by atoms with Crippen LogP contribution in [0.4, 0.5) is 0 Å². The van der Waals surface area contributed by atoms with Crippen molar-refractivity contribution < 1.29 is 9.53 Å². The summed E-state index contributed by atoms with van der Waals surface area (Å²) in [6.45, 7) is 3.90. The van der Waals surface area contributed by atoms with Crippen LogP contribution in [0.25, 0.3) is 0 Å². The number of halogens is 1. The third-order valence-corrected chi connectivity index (χ3v) is 3.40. The molecule has 0 aliphatic carbocycles. The molecule has 1 aliphatic rings. The van der Waals surface area contributed by atoms with Gasteiger partial charge in [-0.2, -0.15) is 0 Å². The molecule has 1 aromatic rings. The summed E-state index contributed by atoms with van der Waals surface area (Å²) in [5.41, 5.74) is 2.07. The zero-order valence-corrected chi connectivity index (χ0v) is 12.8. The maximum Gasteiger partial charge on any atom is 0.338 e. The fraction of sp³-hybridized carbons (Fsp3) is 0.286. The molecule has 2 N–H and O–H groups in total. The molecule has 0 saturated heterocycles. The molecule has 1 heterocycles. The van der Waals surface area contributed by atoms with Gasteiger partial charge in [-0.15, -0.1) is 0 Å². The first kappa shape index (κ1) is 14.8. The average Bonchev–Trinajstić information content (AvgIpc) is 2.37. The number of ether oxygens (including phenoxy) is 1. The predicted molar refractivity (Wildman–Crippen MR) is 82.4 cm³/mol. The van der Waals surface area contributed by atoms with Crippen LogP contribution in [-0.2, 0) is 9.53 Å². The predicted octanol–water partition coefficient (Wildman–Crippen LogP) is 2.70. The average molecular weight is 311 g/mol. The fourth-order valence-corrected chi connectivity index (χ4v) is 2.58. The second-order valence-electron chi connectivity index (χ2n) is 4.35. The molecule has 4 nitrogen and oxygen atoms in total. The molecule has 6 heteroatoms. The Bertz CT molecular complexity index is 586. The first-order valence-electron chi connectivity index (χ1n) is 6.23. The number of esters is 1. The zero-order valence-electron chi connectivity index (χ0n) is 11.2. The van der Waals surface area contributed by atoms with Gasteiger partial charge in [-0.3, -0.25) is 0 Å². The molecular formula is C14H15ClN2O2S. The molecule has 2 rings (SSSR count). The number of thiocarbonyl (C=S) groups is 1. The molecule has 0 saturated carbocycles. The van der Waals surface area contributed by atoms with E-state index < -0.39 is 0 Å². The summed E-state index contributed by atoms with van der Waals surface area (Å²) >= 11 is 11.2. The van der Waals surface area contributed by atoms with E-state index in [4.69, 9.17) is 28.6 Å². The minimum Gasteiger partial charge on any atom is -0.463 e. The van der Waals surface area contributed by atoms with Crippen LogP contribution in [0.5, 0.6) is 0 Å². The number of hydrogen-bond donors (Lipinski definition) is 2. The van der Waals surface area contributed by atoms with E-state index >= 15 is 0 Å². The van der Waals surface area contributed by atoms with Crippen LogP contribution in [0.15, 0.2) is 35.5 Å². The molecule has 0 spiro atoms. The highest BCUT2D eigenvalue weighted by Gasteiger charge is 2.30. The van der Waals surface area contributed by atoms with Crippen LogP contribution in [-0.4, -0.2) is 17.7 Å². The Labute approximate surface area is 128 Å². The van der Waals surface area contributed by atoms with E-state index in [2.05, 4.69) is 10.6 Å². The zero-order chi connectivity index (χ0) is 14.7. The van der Waals surface area contributed by atoms with Gasteiger partial charge in [-0.1, -0.05) is 23.7 Å². The van der Waals surface area contributed by atoms with Gasteiger partial charge in [0, 0.05) is 10.7 Å². The van der Waals surface area contributed by atoms with Gasteiger partial charge in [0.15, 0.2) is 5.11 Å². The van der Waals surface area contributed by atoms with Crippen LogP contribution >= 0.6 is 23.8 Å². The van der Waals surface area contributed by atoms with Gasteiger partial charge in [0.2, 0.25) is 0 Å². The summed E-state index contributed by atoms with van der Waals surface area (Å²) in [7, 11) is 0. The number of carbonyl (C=O) groups is 1. The van der Waals surface area contributed by atoms with Gasteiger partial charge in [0.25, 0.3) is 0 Å². The number of hydrogen-bond acceptors (Lipinski definition) is 3. The van der Waals surface area contributed by atoms with E-state index in [0.717, 1.165) is 5.56 Å². The summed E-state index contributed by atoms with van der Waals surface area (Å²) in [5.74, 6) is -0.363. The van der Waals surface area contributed by atoms with E-state index in [1.165, 1.54) is 0 Å². The van der Waals surface area contributed by atoms with E-state index in [-0.39, 0.29) is 12.0 Å². The molecule has 1 unspecified atom stereocenters. The van der Waals surface area contributed by atoms with Crippen molar-refractivity contribution in [3.63, 3.8) is 0 Å². The van der Waals surface area contributed by atoms with Crippen molar-refractivity contribution in [1.29, 1.82) is 0 Å². The standard InChI is InChI=1S/C14H15ClN2O2S/c1-3-19-13(18)11-8(2)16-14(20)17-12(11)9-5-4-6-10(15)7-9/h4-7,12H,3H2,1-2H3,(H2,16,17,20). The van der Waals surface area contributed by atoms with E-state index in [9.17, 15) is 4.79 Å². The van der Waals surface area contributed by atoms with Crippen LogP contribution in [0.1, 0.15) is 25.5 Å². The summed E-state index contributed by atoms with van der Waals surface area (Å²) in [5, 5.41) is 7.11. The number of benzene rings is 1. The molecule has 1 atom stereocenters. The van der Waals surface area contributed by atoms with Crippen molar-refractivity contribution in [3.05, 3.63) is 46.1 Å². The lowest BCUT2D eigenvalue weighted by atomic mass is 9.96. The highest BCUT2D eigenvalue weighted by Crippen LogP contribution is 2.28. The third-order valence-electron chi connectivity index (χ3n) is 2.95. The second-order valence-corrected chi connectivity index (χ2v) is 5.19. The highest BCUT2D eigenvalue weighted by atomic mass is 35.5. The van der Waals surface area contributed by atoms with E-state index in [0.29, 0.717) is 28.0 Å². The van der Waals surface area contributed by atoms with Gasteiger partial charge in [0.05, 0.1) is 18.2 Å². The Balaban J connectivity index is 2.44. The molecule has 0 bridgehead atoms. The van der Waals surface area contributed by atoms with Gasteiger partial charge in [-0.25, -0.2) is 4.79 Å². The Morgan fingerprint density at radius 3 is 2.90 bits per heavy atom. The first-order chi connectivity index (χ1) is 9.52. The van der Waals surface area contributed by atoms with Crippen molar-refractivity contribution in [1.82, 2.24) is 10.6 Å². The largest absolute Gasteiger partial charge is 0.463 e. The maximum absolute atomic E-state index is 12.1. The Morgan fingerprint density at radius 2 is 2.25 bits per heavy atom. The fourth-order valence-electron chi connectivity index (χ4n) is 2.11. The SMILES string of the molecule is CCOC(=O)C1=C(C)NC(=S)NC1c1cccc(Cl)c1. The van der Waals surface area contributed by atoms with Gasteiger partial charge in [0.1, 0.15) is 0 Å². The quantitative estimate of drug-likeness (QED) is 0.664. The van der Waals surface area contributed by atoms with Crippen molar-refractivity contribution in [3.8, 4) is 0 Å². The van der Waals surface area contributed by atoms with E-state index in [1.54, 1.807) is 26.0 Å². The molecule has 1 aliphatic heterocycles. The molecule has 0 radical (unpaired) electrons. The molecular weight excluding hydrogens is 296 g/mol. The van der Waals surface area contributed by atoms with Crippen molar-refractivity contribution in [2.24, 2.45) is 0 Å². The van der Waals surface area contributed by atoms with Gasteiger partial charge >= 0.3 is 5.97 Å². The molecule has 0 fully saturated rings. The molecule has 1 aromatic carbocycles. The third kappa shape index (κ3) is 3.11. The van der Waals surface area contributed by atoms with Crippen LogP contribution in [0.3, 0.4) is 0 Å². The maximum atomic E-state index is 12.1. The van der Waals surface area contributed by atoms with Crippen molar-refractivity contribution in [2.75, 3.05) is 6.61 Å². The Kier molecular flexibility index (Phi) is 4.62. The van der Waals surface area contributed by atoms with Crippen LogP contribution in [0, 0.1) is 0 Å². The molecule has 20 heavy (non-hydrogen) atoms. The summed E-state index contributed by atoms with van der Waals surface area (Å²) in [4.78, 5) is 12.1. The lowest BCUT2D eigenvalue weighted by molar-refractivity contribution is -0.139. The minimum atomic E-state index is -0.363. The monoisotopic (exact) mass is 310 g/mol. The van der Waals surface area contributed by atoms with E-state index in [1.807, 2.05) is 12.1 Å². The van der Waals surface area contributed by atoms with Gasteiger partial charge in [-0.05, 0) is 43.8 Å². The van der Waals surface area contributed by atoms with Crippen LogP contribution < -0.4 is 10.6 Å². The van der Waals surface area contributed by atoms with Crippen LogP contribution in [0.2, 0.25) is 5.02 Å². The molecule has 0 aromatic heterocycles. The van der Waals surface area contributed by atoms with Crippen molar-refractivity contribution in [2.45, 2.75) is 19.9 Å². The normalized spacial score (nSPS) is 18.4. The minimum absolute atomic E-state index is 0.322. The number of nitrogens with one attached hydrogen (secondary N) is 2. The Morgan fingerprint density at radius 1 is 1.50 bits per heavy atom. The Hall–Kier alpha value is -1.59. The second kappa shape index (κ2) is 6.24. The smallest absolute Gasteiger partial charge is 0.338 e. The van der Waals surface area contributed by atoms with Crippen molar-refractivity contribution >= 4 is 34.9 Å². The first-order valence-corrected chi connectivity index (χ1v) is 7.02. The van der Waals surface area contributed by atoms with Gasteiger partial charge < -0.3 is 15.4 Å². The number of carbonyl (C=O) groups excluding carboxylic acids is 1.